The molecule has 142 valence electrons. The van der Waals surface area contributed by atoms with Crippen LogP contribution in [-0.2, 0) is 6.54 Å². The summed E-state index contributed by atoms with van der Waals surface area (Å²) in [6.07, 6.45) is 0. The first-order valence-corrected chi connectivity index (χ1v) is 9.02. The van der Waals surface area contributed by atoms with E-state index in [0.717, 1.165) is 11.1 Å². The molecule has 0 radical (unpaired) electrons. The van der Waals surface area contributed by atoms with E-state index < -0.39 is 0 Å². The molecule has 5 aromatic rings. The van der Waals surface area contributed by atoms with Gasteiger partial charge in [0, 0.05) is 5.56 Å². The summed E-state index contributed by atoms with van der Waals surface area (Å²) in [4.78, 5) is 13.2. The van der Waals surface area contributed by atoms with Gasteiger partial charge in [-0.15, -0.1) is 10.2 Å². The smallest absolute Gasteiger partial charge is 0.263 e. The molecule has 29 heavy (non-hydrogen) atoms. The molecule has 5 rings (SSSR count). The predicted octanol–water partition coefficient (Wildman–Crippen LogP) is 3.60. The third kappa shape index (κ3) is 2.84. The van der Waals surface area contributed by atoms with Gasteiger partial charge in [-0.2, -0.15) is 0 Å². The van der Waals surface area contributed by atoms with E-state index in [0.29, 0.717) is 22.5 Å². The van der Waals surface area contributed by atoms with Crippen molar-refractivity contribution in [3.63, 3.8) is 0 Å². The zero-order valence-corrected chi connectivity index (χ0v) is 15.2. The van der Waals surface area contributed by atoms with Crippen molar-refractivity contribution in [1.82, 2.24) is 19.2 Å². The normalized spacial score (nSPS) is 11.3. The van der Waals surface area contributed by atoms with E-state index in [9.17, 15) is 14.3 Å². The molecule has 0 bridgehead atoms. The van der Waals surface area contributed by atoms with Crippen LogP contribution in [0.1, 0.15) is 5.56 Å². The van der Waals surface area contributed by atoms with Crippen LogP contribution in [0, 0.1) is 5.82 Å². The maximum atomic E-state index is 13.3. The Kier molecular flexibility index (Phi) is 3.87. The van der Waals surface area contributed by atoms with Gasteiger partial charge in [-0.05, 0) is 54.1 Å². The molecule has 0 aliphatic carbocycles. The standard InChI is InChI=1S/C22H15FN4O2/c23-16-9-5-14(6-10-16)13-26-21(29)18-3-1-2-4-19(18)27-20(24-25-22(26)27)15-7-11-17(28)12-8-15/h1-12,28H,13H2. The lowest BCUT2D eigenvalue weighted by atomic mass is 10.2. The Hall–Kier alpha value is -4.00. The molecule has 6 nitrogen and oxygen atoms in total. The summed E-state index contributed by atoms with van der Waals surface area (Å²) in [6.45, 7) is 0.237. The number of aromatic hydroxyl groups is 1. The number of fused-ring (bicyclic) bond motifs is 3. The van der Waals surface area contributed by atoms with Gasteiger partial charge in [0.25, 0.3) is 5.56 Å². The molecule has 0 unspecified atom stereocenters. The average Bonchev–Trinajstić information content (AvgIpc) is 3.18. The van der Waals surface area contributed by atoms with E-state index in [2.05, 4.69) is 10.2 Å². The summed E-state index contributed by atoms with van der Waals surface area (Å²) in [7, 11) is 0. The van der Waals surface area contributed by atoms with Crippen molar-refractivity contribution >= 4 is 16.7 Å². The van der Waals surface area contributed by atoms with Gasteiger partial charge in [-0.3, -0.25) is 13.8 Å². The molecule has 7 heteroatoms. The lowest BCUT2D eigenvalue weighted by Crippen LogP contribution is -2.24. The molecule has 2 heterocycles. The van der Waals surface area contributed by atoms with Crippen molar-refractivity contribution < 1.29 is 9.50 Å². The highest BCUT2D eigenvalue weighted by atomic mass is 19.1. The molecule has 1 N–H and O–H groups in total. The van der Waals surface area contributed by atoms with Gasteiger partial charge in [0.2, 0.25) is 5.78 Å². The number of phenols is 1. The fraction of sp³-hybridized carbons (Fsp3) is 0.0455. The second-order valence-corrected chi connectivity index (χ2v) is 6.74. The van der Waals surface area contributed by atoms with Crippen molar-refractivity contribution in [2.24, 2.45) is 0 Å². The van der Waals surface area contributed by atoms with E-state index in [1.807, 2.05) is 22.6 Å². The first-order valence-electron chi connectivity index (χ1n) is 9.02. The first-order chi connectivity index (χ1) is 14.1. The molecule has 0 amide bonds. The predicted molar refractivity (Wildman–Crippen MR) is 107 cm³/mol. The highest BCUT2D eigenvalue weighted by Gasteiger charge is 2.17. The highest BCUT2D eigenvalue weighted by Crippen LogP contribution is 2.24. The minimum Gasteiger partial charge on any atom is -0.508 e. The van der Waals surface area contributed by atoms with Crippen molar-refractivity contribution in [3.05, 3.63) is 94.5 Å². The maximum absolute atomic E-state index is 13.3. The first kappa shape index (κ1) is 17.1. The van der Waals surface area contributed by atoms with Gasteiger partial charge < -0.3 is 5.11 Å². The molecule has 2 aromatic heterocycles. The van der Waals surface area contributed by atoms with E-state index in [-0.39, 0.29) is 23.7 Å². The van der Waals surface area contributed by atoms with Crippen LogP contribution in [-0.4, -0.2) is 24.3 Å². The number of benzene rings is 3. The molecule has 0 aliphatic heterocycles. The van der Waals surface area contributed by atoms with Gasteiger partial charge in [0.1, 0.15) is 11.6 Å². The van der Waals surface area contributed by atoms with E-state index in [1.165, 1.54) is 16.7 Å². The van der Waals surface area contributed by atoms with Crippen molar-refractivity contribution in [2.75, 3.05) is 0 Å². The van der Waals surface area contributed by atoms with Crippen LogP contribution in [0.3, 0.4) is 0 Å². The minimum absolute atomic E-state index is 0.153. The summed E-state index contributed by atoms with van der Waals surface area (Å²) >= 11 is 0. The second-order valence-electron chi connectivity index (χ2n) is 6.74. The van der Waals surface area contributed by atoms with Gasteiger partial charge in [0.15, 0.2) is 5.82 Å². The molecule has 0 atom stereocenters. The molecule has 0 spiro atoms. The van der Waals surface area contributed by atoms with Gasteiger partial charge in [0.05, 0.1) is 17.4 Å². The summed E-state index contributed by atoms with van der Waals surface area (Å²) in [5.41, 5.74) is 2.03. The Morgan fingerprint density at radius 3 is 2.38 bits per heavy atom. The summed E-state index contributed by atoms with van der Waals surface area (Å²) in [5, 5.41) is 18.7. The van der Waals surface area contributed by atoms with Crippen LogP contribution in [0.5, 0.6) is 5.75 Å². The quantitative estimate of drug-likeness (QED) is 0.514. The van der Waals surface area contributed by atoms with Crippen LogP contribution in [0.15, 0.2) is 77.6 Å². The highest BCUT2D eigenvalue weighted by molar-refractivity contribution is 5.82. The lowest BCUT2D eigenvalue weighted by molar-refractivity contribution is 0.475. The third-order valence-electron chi connectivity index (χ3n) is 4.89. The van der Waals surface area contributed by atoms with Gasteiger partial charge >= 0.3 is 0 Å². The monoisotopic (exact) mass is 386 g/mol. The number of nitrogens with zero attached hydrogens (tertiary/aromatic N) is 4. The number of para-hydroxylation sites is 1. The number of hydrogen-bond donors (Lipinski definition) is 1. The van der Waals surface area contributed by atoms with Gasteiger partial charge in [-0.25, -0.2) is 4.39 Å². The number of aromatic nitrogens is 4. The summed E-state index contributed by atoms with van der Waals surface area (Å²) < 4.78 is 16.6. The topological polar surface area (TPSA) is 72.4 Å². The summed E-state index contributed by atoms with van der Waals surface area (Å²) in [5.74, 6) is 0.771. The number of halogens is 1. The minimum atomic E-state index is -0.332. The summed E-state index contributed by atoms with van der Waals surface area (Å²) in [6, 6.07) is 19.9. The molecular weight excluding hydrogens is 371 g/mol. The SMILES string of the molecule is O=c1c2ccccc2n2c(-c3ccc(O)cc3)nnc2n1Cc1ccc(F)cc1. The van der Waals surface area contributed by atoms with E-state index in [1.54, 1.807) is 42.5 Å². The van der Waals surface area contributed by atoms with Crippen LogP contribution >= 0.6 is 0 Å². The Bertz CT molecular complexity index is 1400. The number of hydrogen-bond acceptors (Lipinski definition) is 4. The van der Waals surface area contributed by atoms with E-state index in [4.69, 9.17) is 0 Å². The molecule has 0 fully saturated rings. The van der Waals surface area contributed by atoms with Crippen LogP contribution in [0.25, 0.3) is 28.1 Å². The lowest BCUT2D eigenvalue weighted by Gasteiger charge is -2.11. The maximum Gasteiger partial charge on any atom is 0.263 e. The fourth-order valence-electron chi connectivity index (χ4n) is 3.47. The Morgan fingerprint density at radius 1 is 0.897 bits per heavy atom. The van der Waals surface area contributed by atoms with E-state index >= 15 is 0 Å². The largest absolute Gasteiger partial charge is 0.508 e. The van der Waals surface area contributed by atoms with Crippen molar-refractivity contribution in [2.45, 2.75) is 6.54 Å². The van der Waals surface area contributed by atoms with Crippen molar-refractivity contribution in [3.8, 4) is 17.1 Å². The Labute approximate surface area is 164 Å². The zero-order chi connectivity index (χ0) is 20.0. The van der Waals surface area contributed by atoms with Crippen molar-refractivity contribution in [1.29, 1.82) is 0 Å². The molecule has 3 aromatic carbocycles. The fourth-order valence-corrected chi connectivity index (χ4v) is 3.47. The zero-order valence-electron chi connectivity index (χ0n) is 15.2. The third-order valence-corrected chi connectivity index (χ3v) is 4.89. The van der Waals surface area contributed by atoms with Gasteiger partial charge in [-0.1, -0.05) is 24.3 Å². The molecular formula is C22H15FN4O2. The molecule has 0 saturated carbocycles. The number of phenolic OH excluding ortho intramolecular Hbond substituents is 1. The Balaban J connectivity index is 1.81. The van der Waals surface area contributed by atoms with Crippen LogP contribution < -0.4 is 5.56 Å². The molecule has 0 aliphatic rings. The second kappa shape index (κ2) is 6.56. The average molecular weight is 386 g/mol. The number of rotatable bonds is 3. The van der Waals surface area contributed by atoms with Crippen LogP contribution in [0.4, 0.5) is 4.39 Å². The molecule has 0 saturated heterocycles. The van der Waals surface area contributed by atoms with Crippen LogP contribution in [0.2, 0.25) is 0 Å². The Morgan fingerprint density at radius 2 is 1.62 bits per heavy atom.